The number of aryl methyl sites for hydroxylation is 1. The third-order valence-electron chi connectivity index (χ3n) is 3.27. The van der Waals surface area contributed by atoms with Crippen molar-refractivity contribution in [3.63, 3.8) is 0 Å². The molecule has 0 atom stereocenters. The molecule has 20 heavy (non-hydrogen) atoms. The Morgan fingerprint density at radius 3 is 2.65 bits per heavy atom. The molecule has 0 aliphatic heterocycles. The highest BCUT2D eigenvalue weighted by molar-refractivity contribution is 6.30. The van der Waals surface area contributed by atoms with Crippen LogP contribution in [0.15, 0.2) is 18.2 Å². The molecule has 1 aromatic carbocycles. The number of halogens is 2. The van der Waals surface area contributed by atoms with E-state index in [0.717, 1.165) is 31.6 Å². The zero-order chi connectivity index (χ0) is 14.7. The van der Waals surface area contributed by atoms with Crippen LogP contribution in [-0.2, 0) is 13.0 Å². The van der Waals surface area contributed by atoms with Crippen LogP contribution in [0, 0.1) is 5.82 Å². The number of aromatic nitrogens is 2. The summed E-state index contributed by atoms with van der Waals surface area (Å²) in [7, 11) is 0. The van der Waals surface area contributed by atoms with E-state index in [-0.39, 0.29) is 5.82 Å². The molecule has 1 aromatic heterocycles. The van der Waals surface area contributed by atoms with E-state index in [1.807, 2.05) is 11.5 Å². The third kappa shape index (κ3) is 2.96. The van der Waals surface area contributed by atoms with Gasteiger partial charge in [0.15, 0.2) is 0 Å². The van der Waals surface area contributed by atoms with Crippen LogP contribution in [0.3, 0.4) is 0 Å². The van der Waals surface area contributed by atoms with Gasteiger partial charge in [0.05, 0.1) is 0 Å². The summed E-state index contributed by atoms with van der Waals surface area (Å²) < 4.78 is 15.5. The van der Waals surface area contributed by atoms with Crippen LogP contribution >= 0.6 is 11.6 Å². The van der Waals surface area contributed by atoms with Gasteiger partial charge in [-0.1, -0.05) is 31.9 Å². The Hall–Kier alpha value is -1.55. The third-order valence-corrected chi connectivity index (χ3v) is 3.49. The second-order valence-corrected chi connectivity index (χ2v) is 5.22. The molecule has 3 nitrogen and oxygen atoms in total. The number of hydrogen-bond acceptors (Lipinski definition) is 2. The number of nitrogens with zero attached hydrogens (tertiary/aromatic N) is 2. The van der Waals surface area contributed by atoms with Crippen molar-refractivity contribution in [1.29, 1.82) is 0 Å². The summed E-state index contributed by atoms with van der Waals surface area (Å²) in [5, 5.41) is 0.348. The molecule has 0 fully saturated rings. The molecule has 0 spiro atoms. The molecule has 0 saturated heterocycles. The second-order valence-electron chi connectivity index (χ2n) is 4.78. The summed E-state index contributed by atoms with van der Waals surface area (Å²) in [6, 6.07) is 4.37. The summed E-state index contributed by atoms with van der Waals surface area (Å²) in [6.45, 7) is 5.00. The Morgan fingerprint density at radius 2 is 2.05 bits per heavy atom. The van der Waals surface area contributed by atoms with Gasteiger partial charge in [-0.05, 0) is 24.6 Å². The molecule has 2 aromatic rings. The van der Waals surface area contributed by atoms with Crippen molar-refractivity contribution in [2.24, 2.45) is 0 Å². The zero-order valence-electron chi connectivity index (χ0n) is 11.8. The fraction of sp³-hybridized carbons (Fsp3) is 0.400. The van der Waals surface area contributed by atoms with Gasteiger partial charge in [-0.2, -0.15) is 0 Å². The first-order valence-corrected chi connectivity index (χ1v) is 7.26. The fourth-order valence-electron chi connectivity index (χ4n) is 2.25. The Bertz CT molecular complexity index is 587. The highest BCUT2D eigenvalue weighted by Gasteiger charge is 2.15. The van der Waals surface area contributed by atoms with E-state index >= 15 is 0 Å². The van der Waals surface area contributed by atoms with Crippen LogP contribution in [0.1, 0.15) is 32.5 Å². The van der Waals surface area contributed by atoms with Gasteiger partial charge >= 0.3 is 0 Å². The van der Waals surface area contributed by atoms with Crippen molar-refractivity contribution in [3.8, 4) is 11.3 Å². The lowest BCUT2D eigenvalue weighted by Crippen LogP contribution is -2.06. The van der Waals surface area contributed by atoms with Crippen molar-refractivity contribution in [1.82, 2.24) is 9.55 Å². The van der Waals surface area contributed by atoms with Crippen molar-refractivity contribution < 1.29 is 4.39 Å². The molecule has 5 heteroatoms. The van der Waals surface area contributed by atoms with E-state index in [0.29, 0.717) is 22.1 Å². The fourth-order valence-corrected chi connectivity index (χ4v) is 2.47. The van der Waals surface area contributed by atoms with Crippen LogP contribution < -0.4 is 5.73 Å². The molecule has 108 valence electrons. The van der Waals surface area contributed by atoms with Gasteiger partial charge in [-0.25, -0.2) is 9.37 Å². The highest BCUT2D eigenvalue weighted by atomic mass is 35.5. The largest absolute Gasteiger partial charge is 0.383 e. The first-order valence-electron chi connectivity index (χ1n) is 6.88. The van der Waals surface area contributed by atoms with Crippen LogP contribution in [0.25, 0.3) is 11.3 Å². The van der Waals surface area contributed by atoms with E-state index < -0.39 is 0 Å². The standard InChI is InChI=1S/C15H19ClFN3/c1-3-5-6-20-13(4-2)19-14(15(20)18)10-7-11(16)9-12(17)8-10/h7-9H,3-6,18H2,1-2H3. The zero-order valence-corrected chi connectivity index (χ0v) is 12.5. The maximum absolute atomic E-state index is 13.5. The lowest BCUT2D eigenvalue weighted by Gasteiger charge is -2.08. The van der Waals surface area contributed by atoms with Crippen LogP contribution in [0.2, 0.25) is 5.02 Å². The molecule has 2 N–H and O–H groups in total. The minimum atomic E-state index is -0.381. The van der Waals surface area contributed by atoms with Gasteiger partial charge < -0.3 is 10.3 Å². The number of rotatable bonds is 5. The normalized spacial score (nSPS) is 11.0. The minimum Gasteiger partial charge on any atom is -0.383 e. The lowest BCUT2D eigenvalue weighted by atomic mass is 10.1. The average Bonchev–Trinajstić information content (AvgIpc) is 2.72. The van der Waals surface area contributed by atoms with Gasteiger partial charge in [-0.15, -0.1) is 0 Å². The number of nitrogens with two attached hydrogens (primary N) is 1. The van der Waals surface area contributed by atoms with E-state index in [2.05, 4.69) is 11.9 Å². The Labute approximate surface area is 123 Å². The predicted octanol–water partition coefficient (Wildman–Crippen LogP) is 4.29. The molecular weight excluding hydrogens is 277 g/mol. The molecule has 0 unspecified atom stereocenters. The van der Waals surface area contributed by atoms with E-state index in [1.165, 1.54) is 12.1 Å². The number of benzene rings is 1. The molecule has 0 aliphatic rings. The Balaban J connectivity index is 2.48. The maximum atomic E-state index is 13.5. The van der Waals surface area contributed by atoms with Crippen molar-refractivity contribution >= 4 is 17.4 Å². The Kier molecular flexibility index (Phi) is 4.65. The van der Waals surface area contributed by atoms with Gasteiger partial charge in [0, 0.05) is 23.6 Å². The molecule has 0 radical (unpaired) electrons. The number of unbranched alkanes of at least 4 members (excludes halogenated alkanes) is 1. The maximum Gasteiger partial charge on any atom is 0.131 e. The topological polar surface area (TPSA) is 43.8 Å². The highest BCUT2D eigenvalue weighted by Crippen LogP contribution is 2.29. The van der Waals surface area contributed by atoms with E-state index in [4.69, 9.17) is 17.3 Å². The van der Waals surface area contributed by atoms with E-state index in [1.54, 1.807) is 6.07 Å². The quantitative estimate of drug-likeness (QED) is 0.894. The van der Waals surface area contributed by atoms with Crippen LogP contribution in [0.4, 0.5) is 10.2 Å². The van der Waals surface area contributed by atoms with Gasteiger partial charge in [0.25, 0.3) is 0 Å². The Morgan fingerprint density at radius 1 is 1.30 bits per heavy atom. The smallest absolute Gasteiger partial charge is 0.131 e. The molecular formula is C15H19ClFN3. The van der Waals surface area contributed by atoms with E-state index in [9.17, 15) is 4.39 Å². The van der Waals surface area contributed by atoms with Gasteiger partial charge in [-0.3, -0.25) is 0 Å². The van der Waals surface area contributed by atoms with Gasteiger partial charge in [0.2, 0.25) is 0 Å². The first-order chi connectivity index (χ1) is 9.56. The molecule has 0 saturated carbocycles. The summed E-state index contributed by atoms with van der Waals surface area (Å²) in [5.74, 6) is 1.12. The summed E-state index contributed by atoms with van der Waals surface area (Å²) in [5.41, 5.74) is 7.42. The van der Waals surface area contributed by atoms with Crippen LogP contribution in [0.5, 0.6) is 0 Å². The molecule has 0 aliphatic carbocycles. The summed E-state index contributed by atoms with van der Waals surface area (Å²) in [6.07, 6.45) is 2.91. The number of nitrogen functional groups attached to an aromatic ring is 1. The SMILES string of the molecule is CCCCn1c(CC)nc(-c2cc(F)cc(Cl)c2)c1N. The molecule has 1 heterocycles. The molecule has 0 bridgehead atoms. The summed E-state index contributed by atoms with van der Waals surface area (Å²) in [4.78, 5) is 4.55. The molecule has 2 rings (SSSR count). The monoisotopic (exact) mass is 295 g/mol. The minimum absolute atomic E-state index is 0.348. The first kappa shape index (κ1) is 14.9. The molecule has 0 amide bonds. The van der Waals surface area contributed by atoms with Crippen LogP contribution in [-0.4, -0.2) is 9.55 Å². The number of hydrogen-bond donors (Lipinski definition) is 1. The van der Waals surface area contributed by atoms with Crippen molar-refractivity contribution in [3.05, 3.63) is 34.9 Å². The average molecular weight is 296 g/mol. The van der Waals surface area contributed by atoms with Crippen molar-refractivity contribution in [2.75, 3.05) is 5.73 Å². The summed E-state index contributed by atoms with van der Waals surface area (Å²) >= 11 is 5.90. The predicted molar refractivity (Wildman–Crippen MR) is 81.3 cm³/mol. The number of anilines is 1. The lowest BCUT2D eigenvalue weighted by molar-refractivity contribution is 0.612. The van der Waals surface area contributed by atoms with Crippen molar-refractivity contribution in [2.45, 2.75) is 39.7 Å². The second kappa shape index (κ2) is 6.27. The number of imidazole rings is 1. The van der Waals surface area contributed by atoms with Gasteiger partial charge in [0.1, 0.15) is 23.2 Å².